The lowest BCUT2D eigenvalue weighted by atomic mass is 10.1. The summed E-state index contributed by atoms with van der Waals surface area (Å²) in [5.41, 5.74) is 0.962. The lowest BCUT2D eigenvalue weighted by Crippen LogP contribution is -2.17. The van der Waals surface area contributed by atoms with Gasteiger partial charge in [-0.25, -0.2) is 28.0 Å². The summed E-state index contributed by atoms with van der Waals surface area (Å²) in [6.45, 7) is 0.680. The van der Waals surface area contributed by atoms with Crippen molar-refractivity contribution in [2.24, 2.45) is 0 Å². The topological polar surface area (TPSA) is 149 Å². The van der Waals surface area contributed by atoms with Crippen LogP contribution in [0.5, 0.6) is 0 Å². The number of carbonyl (C=O) groups is 2. The van der Waals surface area contributed by atoms with Crippen molar-refractivity contribution in [1.82, 2.24) is 9.97 Å². The van der Waals surface area contributed by atoms with Gasteiger partial charge in [-0.15, -0.1) is 0 Å². The van der Waals surface area contributed by atoms with E-state index in [0.717, 1.165) is 6.26 Å². The van der Waals surface area contributed by atoms with Crippen LogP contribution in [0, 0.1) is 0 Å². The highest BCUT2D eigenvalue weighted by atomic mass is 35.5. The fourth-order valence-electron chi connectivity index (χ4n) is 2.57. The number of anilines is 3. The number of aromatic nitrogens is 2. The van der Waals surface area contributed by atoms with Gasteiger partial charge >= 0.3 is 11.9 Å². The van der Waals surface area contributed by atoms with Crippen molar-refractivity contribution in [3.63, 3.8) is 0 Å². The molecule has 0 aliphatic rings. The summed E-state index contributed by atoms with van der Waals surface area (Å²) in [5.74, 6) is -1.20. The molecule has 0 saturated heterocycles. The van der Waals surface area contributed by atoms with Crippen molar-refractivity contribution in [1.29, 1.82) is 0 Å². The third-order valence-electron chi connectivity index (χ3n) is 4.06. The lowest BCUT2D eigenvalue weighted by Gasteiger charge is -2.16. The molecule has 0 fully saturated rings. The zero-order valence-electron chi connectivity index (χ0n) is 17.3. The number of carbonyl (C=O) groups excluding carboxylic acids is 2. The molecule has 168 valence electrons. The van der Waals surface area contributed by atoms with Crippen LogP contribution in [0.4, 0.5) is 17.3 Å². The van der Waals surface area contributed by atoms with Crippen LogP contribution in [-0.4, -0.2) is 70.9 Å². The summed E-state index contributed by atoms with van der Waals surface area (Å²) < 4.78 is 33.5. The molecule has 0 aliphatic carbocycles. The molecule has 3 N–H and O–H groups in total. The number of halogens is 1. The Morgan fingerprint density at radius 3 is 2.19 bits per heavy atom. The van der Waals surface area contributed by atoms with E-state index in [2.05, 4.69) is 35.4 Å². The maximum absolute atomic E-state index is 12.1. The minimum absolute atomic E-state index is 0.0468. The first-order valence-corrected chi connectivity index (χ1v) is 11.1. The second-order valence-electron chi connectivity index (χ2n) is 6.15. The second-order valence-corrected chi connectivity index (χ2v) is 8.49. The number of nitrogens with zero attached hydrogens (tertiary/aromatic N) is 2. The first-order chi connectivity index (χ1) is 14.6. The number of sulfone groups is 1. The molecule has 1 heterocycles. The Morgan fingerprint density at radius 1 is 1.03 bits per heavy atom. The van der Waals surface area contributed by atoms with E-state index in [1.165, 1.54) is 32.5 Å². The van der Waals surface area contributed by atoms with Crippen LogP contribution in [0.1, 0.15) is 20.7 Å². The van der Waals surface area contributed by atoms with Gasteiger partial charge in [0.05, 0.1) is 36.1 Å². The van der Waals surface area contributed by atoms with Crippen LogP contribution < -0.4 is 16.0 Å². The molecule has 0 bridgehead atoms. The molecule has 1 aromatic carbocycles. The molecule has 0 radical (unpaired) electrons. The predicted octanol–water partition coefficient (Wildman–Crippen LogP) is 1.67. The molecular formula is C18H22ClN5O6S. The molecule has 0 unspecified atom stereocenters. The zero-order valence-corrected chi connectivity index (χ0v) is 18.8. The van der Waals surface area contributed by atoms with Crippen LogP contribution in [0.25, 0.3) is 0 Å². The summed E-state index contributed by atoms with van der Waals surface area (Å²) >= 11 is 5.95. The molecule has 0 saturated carbocycles. The van der Waals surface area contributed by atoms with Gasteiger partial charge in [0.25, 0.3) is 0 Å². The largest absolute Gasteiger partial charge is 0.465 e. The van der Waals surface area contributed by atoms with Crippen LogP contribution in [0.2, 0.25) is 5.15 Å². The van der Waals surface area contributed by atoms with Gasteiger partial charge in [-0.3, -0.25) is 0 Å². The first kappa shape index (κ1) is 24.2. The number of hydrogen-bond donors (Lipinski definition) is 3. The highest BCUT2D eigenvalue weighted by Crippen LogP contribution is 2.29. The summed E-state index contributed by atoms with van der Waals surface area (Å²) in [5, 5.41) is 8.87. The van der Waals surface area contributed by atoms with Gasteiger partial charge in [0.15, 0.2) is 9.84 Å². The number of rotatable bonds is 9. The number of benzene rings is 1. The van der Waals surface area contributed by atoms with Gasteiger partial charge in [-0.2, -0.15) is 0 Å². The SMILES string of the molecule is CNc1cc(C(=O)OC)c(S(C)(=O)=O)cc1NCCNc1ncc(C(=O)OC)c(Cl)n1. The van der Waals surface area contributed by atoms with Gasteiger partial charge in [0.2, 0.25) is 5.95 Å². The fourth-order valence-corrected chi connectivity index (χ4v) is 3.65. The quantitative estimate of drug-likeness (QED) is 0.278. The summed E-state index contributed by atoms with van der Waals surface area (Å²) in [4.78, 5) is 31.3. The third kappa shape index (κ3) is 5.95. The van der Waals surface area contributed by atoms with Gasteiger partial charge in [-0.1, -0.05) is 11.6 Å². The van der Waals surface area contributed by atoms with Gasteiger partial charge < -0.3 is 25.4 Å². The van der Waals surface area contributed by atoms with E-state index in [1.54, 1.807) is 7.05 Å². The number of hydrogen-bond acceptors (Lipinski definition) is 11. The van der Waals surface area contributed by atoms with Crippen LogP contribution in [0.3, 0.4) is 0 Å². The van der Waals surface area contributed by atoms with E-state index in [-0.39, 0.29) is 27.1 Å². The molecule has 0 amide bonds. The maximum Gasteiger partial charge on any atom is 0.342 e. The average molecular weight is 472 g/mol. The Morgan fingerprint density at radius 2 is 1.65 bits per heavy atom. The minimum Gasteiger partial charge on any atom is -0.465 e. The van der Waals surface area contributed by atoms with E-state index in [4.69, 9.17) is 11.6 Å². The Labute approximate surface area is 184 Å². The van der Waals surface area contributed by atoms with Crippen molar-refractivity contribution in [3.05, 3.63) is 34.6 Å². The second kappa shape index (κ2) is 10.3. The Balaban J connectivity index is 2.14. The fraction of sp³-hybridized carbons (Fsp3) is 0.333. The summed E-state index contributed by atoms with van der Waals surface area (Å²) in [6, 6.07) is 2.78. The van der Waals surface area contributed by atoms with Gasteiger partial charge in [0.1, 0.15) is 10.7 Å². The van der Waals surface area contributed by atoms with Crippen molar-refractivity contribution in [3.8, 4) is 0 Å². The van der Waals surface area contributed by atoms with E-state index in [0.29, 0.717) is 24.5 Å². The molecule has 0 atom stereocenters. The highest BCUT2D eigenvalue weighted by Gasteiger charge is 2.22. The number of methoxy groups -OCH3 is 2. The lowest BCUT2D eigenvalue weighted by molar-refractivity contribution is 0.0589. The van der Waals surface area contributed by atoms with E-state index in [1.807, 2.05) is 0 Å². The molecule has 2 rings (SSSR count). The predicted molar refractivity (Wildman–Crippen MR) is 116 cm³/mol. The maximum atomic E-state index is 12.1. The normalized spacial score (nSPS) is 10.9. The smallest absolute Gasteiger partial charge is 0.342 e. The van der Waals surface area contributed by atoms with Crippen molar-refractivity contribution >= 4 is 50.7 Å². The van der Waals surface area contributed by atoms with E-state index in [9.17, 15) is 18.0 Å². The molecule has 0 aliphatic heterocycles. The molecule has 0 spiro atoms. The standard InChI is InChI=1S/C18H22ClN5O6S/c1-20-12-7-10(16(25)29-2)14(31(4,27)28)8-13(12)21-5-6-22-18-23-9-11(15(19)24-18)17(26)30-3/h7-9,20-21H,5-6H2,1-4H3,(H,22,23,24). The molecule has 31 heavy (non-hydrogen) atoms. The van der Waals surface area contributed by atoms with Crippen molar-refractivity contribution < 1.29 is 27.5 Å². The van der Waals surface area contributed by atoms with Crippen molar-refractivity contribution in [2.45, 2.75) is 4.90 Å². The van der Waals surface area contributed by atoms with Gasteiger partial charge in [-0.05, 0) is 12.1 Å². The number of esters is 2. The monoisotopic (exact) mass is 471 g/mol. The van der Waals surface area contributed by atoms with Crippen molar-refractivity contribution in [2.75, 3.05) is 56.6 Å². The highest BCUT2D eigenvalue weighted by molar-refractivity contribution is 7.90. The van der Waals surface area contributed by atoms with E-state index < -0.39 is 21.8 Å². The molecule has 2 aromatic rings. The molecular weight excluding hydrogens is 450 g/mol. The Bertz CT molecular complexity index is 1090. The number of nitrogens with one attached hydrogen (secondary N) is 3. The molecule has 1 aromatic heterocycles. The Hall–Kier alpha value is -3.12. The minimum atomic E-state index is -3.68. The third-order valence-corrected chi connectivity index (χ3v) is 5.49. The van der Waals surface area contributed by atoms with Crippen LogP contribution >= 0.6 is 11.6 Å². The molecule has 11 nitrogen and oxygen atoms in total. The Kier molecular flexibility index (Phi) is 8.00. The summed E-state index contributed by atoms with van der Waals surface area (Å²) in [7, 11) is 0.356. The zero-order chi connectivity index (χ0) is 23.2. The van der Waals surface area contributed by atoms with Crippen LogP contribution in [-0.2, 0) is 19.3 Å². The first-order valence-electron chi connectivity index (χ1n) is 8.85. The number of ether oxygens (including phenoxy) is 2. The molecule has 13 heteroatoms. The summed E-state index contributed by atoms with van der Waals surface area (Å²) in [6.07, 6.45) is 2.26. The van der Waals surface area contributed by atoms with E-state index >= 15 is 0 Å². The average Bonchev–Trinajstić information content (AvgIpc) is 2.74. The van der Waals surface area contributed by atoms with Crippen LogP contribution in [0.15, 0.2) is 23.2 Å². The van der Waals surface area contributed by atoms with Gasteiger partial charge in [0, 0.05) is 32.6 Å².